The fourth-order valence-corrected chi connectivity index (χ4v) is 1.78. The van der Waals surface area contributed by atoms with Crippen molar-refractivity contribution in [3.8, 4) is 0 Å². The van der Waals surface area contributed by atoms with E-state index >= 15 is 0 Å². The monoisotopic (exact) mass is 239 g/mol. The van der Waals surface area contributed by atoms with Crippen LogP contribution in [0.25, 0.3) is 0 Å². The predicted octanol–water partition coefficient (Wildman–Crippen LogP) is 4.76. The van der Waals surface area contributed by atoms with Crippen molar-refractivity contribution in [1.29, 1.82) is 0 Å². The Morgan fingerprint density at radius 2 is 1.67 bits per heavy atom. The van der Waals surface area contributed by atoms with Gasteiger partial charge in [-0.3, -0.25) is 0 Å². The van der Waals surface area contributed by atoms with Crippen LogP contribution in [0.3, 0.4) is 0 Å². The van der Waals surface area contributed by atoms with Crippen LogP contribution in [-0.4, -0.2) is 7.05 Å². The van der Waals surface area contributed by atoms with Gasteiger partial charge in [-0.1, -0.05) is 18.2 Å². The average molecular weight is 239 g/mol. The molecule has 0 aliphatic carbocycles. The Morgan fingerprint density at radius 1 is 0.889 bits per heavy atom. The lowest BCUT2D eigenvalue weighted by Crippen LogP contribution is -1.89. The van der Waals surface area contributed by atoms with Crippen molar-refractivity contribution in [2.45, 2.75) is 13.8 Å². The van der Waals surface area contributed by atoms with Crippen molar-refractivity contribution in [2.75, 3.05) is 12.4 Å². The van der Waals surface area contributed by atoms with E-state index in [1.807, 2.05) is 56.4 Å². The Kier molecular flexibility index (Phi) is 3.72. The molecule has 92 valence electrons. The summed E-state index contributed by atoms with van der Waals surface area (Å²) in [6, 6.07) is 14.0. The minimum atomic E-state index is 0.870. The molecule has 0 aliphatic heterocycles. The summed E-state index contributed by atoms with van der Waals surface area (Å²) >= 11 is 0. The highest BCUT2D eigenvalue weighted by molar-refractivity contribution is 5.57. The first kappa shape index (κ1) is 12.3. The molecule has 2 rings (SSSR count). The van der Waals surface area contributed by atoms with E-state index in [4.69, 9.17) is 0 Å². The Hall–Kier alpha value is -2.16. The van der Waals surface area contributed by atoms with Crippen molar-refractivity contribution in [3.05, 3.63) is 53.6 Å². The Morgan fingerprint density at radius 3 is 2.33 bits per heavy atom. The van der Waals surface area contributed by atoms with E-state index in [2.05, 4.69) is 22.5 Å². The highest BCUT2D eigenvalue weighted by Crippen LogP contribution is 2.24. The van der Waals surface area contributed by atoms with E-state index in [1.54, 1.807) is 0 Å². The van der Waals surface area contributed by atoms with E-state index < -0.39 is 0 Å². The molecule has 0 heterocycles. The fraction of sp³-hybridized carbons (Fsp3) is 0.200. The summed E-state index contributed by atoms with van der Waals surface area (Å²) in [5.74, 6) is 0. The van der Waals surface area contributed by atoms with Gasteiger partial charge >= 0.3 is 0 Å². The van der Waals surface area contributed by atoms with Crippen LogP contribution in [0, 0.1) is 13.8 Å². The molecule has 0 fully saturated rings. The SMILES string of the molecule is CNc1ccc(N=Nc2ccccc2C)cc1C. The third-order valence-corrected chi connectivity index (χ3v) is 2.87. The predicted molar refractivity (Wildman–Crippen MR) is 76.1 cm³/mol. The van der Waals surface area contributed by atoms with E-state index in [0.29, 0.717) is 0 Å². The van der Waals surface area contributed by atoms with Gasteiger partial charge in [0.15, 0.2) is 0 Å². The first-order valence-electron chi connectivity index (χ1n) is 5.96. The molecule has 18 heavy (non-hydrogen) atoms. The number of benzene rings is 2. The van der Waals surface area contributed by atoms with Crippen LogP contribution >= 0.6 is 0 Å². The first-order chi connectivity index (χ1) is 8.70. The van der Waals surface area contributed by atoms with Crippen molar-refractivity contribution in [3.63, 3.8) is 0 Å². The molecule has 1 N–H and O–H groups in total. The second-order valence-electron chi connectivity index (χ2n) is 4.24. The van der Waals surface area contributed by atoms with Gasteiger partial charge in [-0.05, 0) is 49.2 Å². The van der Waals surface area contributed by atoms with Crippen LogP contribution in [-0.2, 0) is 0 Å². The van der Waals surface area contributed by atoms with Gasteiger partial charge in [0.2, 0.25) is 0 Å². The molecule has 2 aromatic carbocycles. The molecular formula is C15H17N3. The molecule has 0 radical (unpaired) electrons. The minimum absolute atomic E-state index is 0.870. The van der Waals surface area contributed by atoms with Gasteiger partial charge in [-0.25, -0.2) is 0 Å². The summed E-state index contributed by atoms with van der Waals surface area (Å²) in [4.78, 5) is 0. The highest BCUT2D eigenvalue weighted by Gasteiger charge is 1.98. The number of nitrogens with one attached hydrogen (secondary N) is 1. The van der Waals surface area contributed by atoms with Gasteiger partial charge < -0.3 is 5.32 Å². The van der Waals surface area contributed by atoms with Gasteiger partial charge in [0.05, 0.1) is 11.4 Å². The van der Waals surface area contributed by atoms with E-state index in [9.17, 15) is 0 Å². The van der Waals surface area contributed by atoms with Crippen LogP contribution < -0.4 is 5.32 Å². The van der Waals surface area contributed by atoms with Gasteiger partial charge in [0.1, 0.15) is 0 Å². The number of hydrogen-bond donors (Lipinski definition) is 1. The maximum Gasteiger partial charge on any atom is 0.0886 e. The number of aryl methyl sites for hydroxylation is 2. The van der Waals surface area contributed by atoms with Gasteiger partial charge in [-0.2, -0.15) is 10.2 Å². The molecule has 0 atom stereocenters. The normalized spacial score (nSPS) is 10.8. The number of rotatable bonds is 3. The van der Waals surface area contributed by atoms with Gasteiger partial charge in [0.25, 0.3) is 0 Å². The molecule has 0 aromatic heterocycles. The number of azo groups is 1. The van der Waals surface area contributed by atoms with Gasteiger partial charge in [0, 0.05) is 12.7 Å². The maximum atomic E-state index is 4.28. The minimum Gasteiger partial charge on any atom is -0.388 e. The zero-order valence-electron chi connectivity index (χ0n) is 10.9. The summed E-state index contributed by atoms with van der Waals surface area (Å²) in [6.07, 6.45) is 0. The fourth-order valence-electron chi connectivity index (χ4n) is 1.78. The summed E-state index contributed by atoms with van der Waals surface area (Å²) in [7, 11) is 1.91. The Labute approximate surface area is 108 Å². The molecule has 3 heteroatoms. The molecule has 0 saturated carbocycles. The molecule has 0 saturated heterocycles. The van der Waals surface area contributed by atoms with Crippen molar-refractivity contribution < 1.29 is 0 Å². The van der Waals surface area contributed by atoms with Crippen LogP contribution in [0.5, 0.6) is 0 Å². The van der Waals surface area contributed by atoms with Crippen LogP contribution in [0.2, 0.25) is 0 Å². The van der Waals surface area contributed by atoms with E-state index in [1.165, 1.54) is 5.56 Å². The lowest BCUT2D eigenvalue weighted by molar-refractivity contribution is 1.20. The summed E-state index contributed by atoms with van der Waals surface area (Å²) in [6.45, 7) is 4.09. The van der Waals surface area contributed by atoms with Crippen LogP contribution in [0.4, 0.5) is 17.1 Å². The molecule has 2 aromatic rings. The number of nitrogens with zero attached hydrogens (tertiary/aromatic N) is 2. The van der Waals surface area contributed by atoms with E-state index in [0.717, 1.165) is 22.6 Å². The Bertz CT molecular complexity index is 574. The lowest BCUT2D eigenvalue weighted by Gasteiger charge is -2.04. The lowest BCUT2D eigenvalue weighted by atomic mass is 10.2. The van der Waals surface area contributed by atoms with Crippen molar-refractivity contribution >= 4 is 17.1 Å². The van der Waals surface area contributed by atoms with Crippen molar-refractivity contribution in [2.24, 2.45) is 10.2 Å². The topological polar surface area (TPSA) is 36.8 Å². The number of anilines is 1. The zero-order valence-corrected chi connectivity index (χ0v) is 10.9. The molecule has 3 nitrogen and oxygen atoms in total. The second kappa shape index (κ2) is 5.45. The average Bonchev–Trinajstić information content (AvgIpc) is 2.38. The maximum absolute atomic E-state index is 4.28. The summed E-state index contributed by atoms with van der Waals surface area (Å²) < 4.78 is 0. The third-order valence-electron chi connectivity index (χ3n) is 2.87. The Balaban J connectivity index is 2.24. The standard InChI is InChI=1S/C15H17N3/c1-11-6-4-5-7-15(11)18-17-13-8-9-14(16-3)12(2)10-13/h4-10,16H,1-3H3. The van der Waals surface area contributed by atoms with E-state index in [-0.39, 0.29) is 0 Å². The first-order valence-corrected chi connectivity index (χ1v) is 5.96. The quantitative estimate of drug-likeness (QED) is 0.770. The van der Waals surface area contributed by atoms with Crippen LogP contribution in [0.15, 0.2) is 52.7 Å². The molecule has 0 amide bonds. The largest absolute Gasteiger partial charge is 0.388 e. The van der Waals surface area contributed by atoms with Gasteiger partial charge in [-0.15, -0.1) is 0 Å². The smallest absolute Gasteiger partial charge is 0.0886 e. The molecule has 0 spiro atoms. The van der Waals surface area contributed by atoms with Crippen LogP contribution in [0.1, 0.15) is 11.1 Å². The molecular weight excluding hydrogens is 222 g/mol. The summed E-state index contributed by atoms with van der Waals surface area (Å²) in [5.41, 5.74) is 5.19. The zero-order chi connectivity index (χ0) is 13.0. The van der Waals surface area contributed by atoms with Crippen molar-refractivity contribution in [1.82, 2.24) is 0 Å². The number of hydrogen-bond acceptors (Lipinski definition) is 3. The summed E-state index contributed by atoms with van der Waals surface area (Å²) in [5, 5.41) is 11.7. The molecule has 0 aliphatic rings. The molecule has 0 bridgehead atoms. The third kappa shape index (κ3) is 2.74. The second-order valence-corrected chi connectivity index (χ2v) is 4.24. The molecule has 0 unspecified atom stereocenters. The highest BCUT2D eigenvalue weighted by atomic mass is 15.1.